The summed E-state index contributed by atoms with van der Waals surface area (Å²) in [5, 5.41) is 3.16. The Kier molecular flexibility index (Phi) is 8.65. The number of ether oxygens (including phenoxy) is 1. The molecule has 1 N–H and O–H groups in total. The highest BCUT2D eigenvalue weighted by Gasteiger charge is 2.18. The first kappa shape index (κ1) is 26.5. The van der Waals surface area contributed by atoms with Crippen molar-refractivity contribution < 1.29 is 9.53 Å². The van der Waals surface area contributed by atoms with Gasteiger partial charge in [0.15, 0.2) is 0 Å². The van der Waals surface area contributed by atoms with Gasteiger partial charge in [-0.2, -0.15) is 0 Å². The molecule has 0 aliphatic rings. The minimum atomic E-state index is -0.173. The quantitative estimate of drug-likeness (QED) is 0.227. The monoisotopic (exact) mass is 497 g/mol. The summed E-state index contributed by atoms with van der Waals surface area (Å²) in [4.78, 5) is 17.5. The van der Waals surface area contributed by atoms with Crippen LogP contribution >= 0.6 is 0 Å². The van der Waals surface area contributed by atoms with Crippen molar-refractivity contribution in [1.29, 1.82) is 0 Å². The molecule has 1 unspecified atom stereocenters. The van der Waals surface area contributed by atoms with Crippen LogP contribution in [0.4, 0.5) is 0 Å². The van der Waals surface area contributed by atoms with E-state index in [2.05, 4.69) is 73.1 Å². The van der Waals surface area contributed by atoms with Crippen molar-refractivity contribution in [3.63, 3.8) is 0 Å². The molecule has 0 spiro atoms. The first-order valence-corrected chi connectivity index (χ1v) is 13.3. The van der Waals surface area contributed by atoms with E-state index in [1.165, 1.54) is 11.1 Å². The maximum atomic E-state index is 12.7. The lowest BCUT2D eigenvalue weighted by Gasteiger charge is -2.19. The number of hydrogen-bond donors (Lipinski definition) is 1. The van der Waals surface area contributed by atoms with Gasteiger partial charge in [-0.25, -0.2) is 4.98 Å². The Balaban J connectivity index is 1.32. The van der Waals surface area contributed by atoms with Crippen LogP contribution in [0.25, 0.3) is 11.0 Å². The van der Waals surface area contributed by atoms with Crippen molar-refractivity contribution in [2.24, 2.45) is 0 Å². The van der Waals surface area contributed by atoms with Gasteiger partial charge in [-0.05, 0) is 67.0 Å². The number of rotatable bonds is 11. The number of para-hydroxylation sites is 2. The lowest BCUT2D eigenvalue weighted by atomic mass is 9.87. The summed E-state index contributed by atoms with van der Waals surface area (Å²) in [7, 11) is 0. The Labute approximate surface area is 220 Å². The molecule has 1 amide bonds. The number of nitrogens with one attached hydrogen (secondary N) is 1. The first-order valence-electron chi connectivity index (χ1n) is 13.3. The van der Waals surface area contributed by atoms with Gasteiger partial charge in [0.2, 0.25) is 5.91 Å². The minimum Gasteiger partial charge on any atom is -0.494 e. The molecule has 4 aromatic rings. The van der Waals surface area contributed by atoms with E-state index in [1.807, 2.05) is 43.3 Å². The van der Waals surface area contributed by atoms with Gasteiger partial charge >= 0.3 is 0 Å². The summed E-state index contributed by atoms with van der Waals surface area (Å²) >= 11 is 0. The molecule has 194 valence electrons. The largest absolute Gasteiger partial charge is 0.494 e. The van der Waals surface area contributed by atoms with E-state index < -0.39 is 0 Å². The molecule has 1 aromatic heterocycles. The number of carbonyl (C=O) groups excluding carboxylic acids is 1. The van der Waals surface area contributed by atoms with Crippen LogP contribution < -0.4 is 10.1 Å². The Morgan fingerprint density at radius 2 is 1.65 bits per heavy atom. The summed E-state index contributed by atoms with van der Waals surface area (Å²) in [6.07, 6.45) is 3.09. The Hall–Kier alpha value is -3.60. The molecule has 37 heavy (non-hydrogen) atoms. The predicted octanol–water partition coefficient (Wildman–Crippen LogP) is 7.00. The van der Waals surface area contributed by atoms with Crippen LogP contribution in [0.15, 0.2) is 78.9 Å². The summed E-state index contributed by atoms with van der Waals surface area (Å²) < 4.78 is 8.24. The number of amides is 1. The zero-order chi connectivity index (χ0) is 26.3. The topological polar surface area (TPSA) is 56.2 Å². The number of carbonyl (C=O) groups is 1. The number of aromatic nitrogens is 2. The lowest BCUT2D eigenvalue weighted by Crippen LogP contribution is -2.29. The lowest BCUT2D eigenvalue weighted by molar-refractivity contribution is -0.121. The van der Waals surface area contributed by atoms with Gasteiger partial charge in [-0.3, -0.25) is 4.79 Å². The van der Waals surface area contributed by atoms with Crippen LogP contribution in [0.3, 0.4) is 0 Å². The second kappa shape index (κ2) is 12.1. The van der Waals surface area contributed by atoms with Gasteiger partial charge in [-0.15, -0.1) is 0 Å². The molecule has 1 atom stereocenters. The van der Waals surface area contributed by atoms with E-state index >= 15 is 0 Å². The van der Waals surface area contributed by atoms with Gasteiger partial charge in [0, 0.05) is 13.0 Å². The SMILES string of the molecule is CC(NC(=O)CCc1ccccc1)c1nc2ccccc2n1CCCCOc1ccc(C(C)(C)C)cc1. The van der Waals surface area contributed by atoms with Gasteiger partial charge in [0.05, 0.1) is 23.7 Å². The zero-order valence-electron chi connectivity index (χ0n) is 22.5. The van der Waals surface area contributed by atoms with Crippen LogP contribution in [0, 0.1) is 0 Å². The highest BCUT2D eigenvalue weighted by Crippen LogP contribution is 2.25. The molecule has 0 radical (unpaired) electrons. The third-order valence-electron chi connectivity index (χ3n) is 6.70. The van der Waals surface area contributed by atoms with Gasteiger partial charge < -0.3 is 14.6 Å². The Bertz CT molecular complexity index is 1290. The van der Waals surface area contributed by atoms with Crippen molar-refractivity contribution in [2.45, 2.75) is 71.4 Å². The zero-order valence-corrected chi connectivity index (χ0v) is 22.5. The van der Waals surface area contributed by atoms with Crippen LogP contribution in [-0.2, 0) is 23.2 Å². The number of imidazole rings is 1. The number of fused-ring (bicyclic) bond motifs is 1. The molecule has 0 saturated heterocycles. The molecular weight excluding hydrogens is 458 g/mol. The third-order valence-corrected chi connectivity index (χ3v) is 6.70. The van der Waals surface area contributed by atoms with E-state index in [0.717, 1.165) is 48.4 Å². The average Bonchev–Trinajstić information content (AvgIpc) is 3.26. The maximum absolute atomic E-state index is 12.7. The molecule has 5 nitrogen and oxygen atoms in total. The highest BCUT2D eigenvalue weighted by atomic mass is 16.5. The normalized spacial score (nSPS) is 12.4. The fraction of sp³-hybridized carbons (Fsp3) is 0.375. The second-order valence-electron chi connectivity index (χ2n) is 10.7. The molecule has 5 heteroatoms. The summed E-state index contributed by atoms with van der Waals surface area (Å²) in [6.45, 7) is 10.2. The number of nitrogens with zero attached hydrogens (tertiary/aromatic N) is 2. The number of benzene rings is 3. The summed E-state index contributed by atoms with van der Waals surface area (Å²) in [5.74, 6) is 1.85. The standard InChI is InChI=1S/C32H39N3O2/c1-24(33-30(36)21-16-25-12-6-5-7-13-25)31-34-28-14-8-9-15-29(28)35(31)22-10-11-23-37-27-19-17-26(18-20-27)32(2,3)4/h5-9,12-15,17-20,24H,10-11,16,21-23H2,1-4H3,(H,33,36). The molecule has 0 bridgehead atoms. The smallest absolute Gasteiger partial charge is 0.220 e. The van der Waals surface area contributed by atoms with Crippen LogP contribution in [-0.4, -0.2) is 22.1 Å². The number of unbranched alkanes of at least 4 members (excludes halogenated alkanes) is 1. The van der Waals surface area contributed by atoms with E-state index in [0.29, 0.717) is 13.0 Å². The van der Waals surface area contributed by atoms with E-state index in [9.17, 15) is 4.79 Å². The van der Waals surface area contributed by atoms with Crippen molar-refractivity contribution in [3.8, 4) is 5.75 Å². The Morgan fingerprint density at radius 1 is 0.946 bits per heavy atom. The highest BCUT2D eigenvalue weighted by molar-refractivity contribution is 5.78. The fourth-order valence-corrected chi connectivity index (χ4v) is 4.55. The minimum absolute atomic E-state index is 0.0424. The third kappa shape index (κ3) is 7.22. The maximum Gasteiger partial charge on any atom is 0.220 e. The summed E-state index contributed by atoms with van der Waals surface area (Å²) in [5.41, 5.74) is 4.67. The van der Waals surface area contributed by atoms with E-state index in [1.54, 1.807) is 0 Å². The van der Waals surface area contributed by atoms with Gasteiger partial charge in [-0.1, -0.05) is 75.4 Å². The first-order chi connectivity index (χ1) is 17.8. The van der Waals surface area contributed by atoms with Crippen LogP contribution in [0.2, 0.25) is 0 Å². The van der Waals surface area contributed by atoms with Crippen LogP contribution in [0.5, 0.6) is 5.75 Å². The van der Waals surface area contributed by atoms with Crippen molar-refractivity contribution in [2.75, 3.05) is 6.61 Å². The van der Waals surface area contributed by atoms with Crippen molar-refractivity contribution in [3.05, 3.63) is 95.8 Å². The van der Waals surface area contributed by atoms with E-state index in [-0.39, 0.29) is 17.4 Å². The second-order valence-corrected chi connectivity index (χ2v) is 10.7. The molecule has 0 fully saturated rings. The molecular formula is C32H39N3O2. The Morgan fingerprint density at radius 3 is 2.38 bits per heavy atom. The molecule has 0 saturated carbocycles. The molecule has 0 aliphatic carbocycles. The number of hydrogen-bond acceptors (Lipinski definition) is 3. The molecule has 4 rings (SSSR count). The van der Waals surface area contributed by atoms with Gasteiger partial charge in [0.25, 0.3) is 0 Å². The molecule has 3 aromatic carbocycles. The van der Waals surface area contributed by atoms with Gasteiger partial charge in [0.1, 0.15) is 11.6 Å². The predicted molar refractivity (Wildman–Crippen MR) is 151 cm³/mol. The summed E-state index contributed by atoms with van der Waals surface area (Å²) in [6, 6.07) is 26.5. The van der Waals surface area contributed by atoms with Crippen molar-refractivity contribution in [1.82, 2.24) is 14.9 Å². The molecule has 1 heterocycles. The van der Waals surface area contributed by atoms with E-state index in [4.69, 9.17) is 9.72 Å². The number of aryl methyl sites for hydroxylation is 2. The van der Waals surface area contributed by atoms with Crippen molar-refractivity contribution >= 4 is 16.9 Å². The average molecular weight is 498 g/mol. The van der Waals surface area contributed by atoms with Crippen LogP contribution in [0.1, 0.15) is 70.0 Å². The molecule has 0 aliphatic heterocycles. The fourth-order valence-electron chi connectivity index (χ4n) is 4.55.